The van der Waals surface area contributed by atoms with Gasteiger partial charge in [0.1, 0.15) is 0 Å². The van der Waals surface area contributed by atoms with E-state index in [1.807, 2.05) is 10.8 Å². The molecule has 1 aromatic rings. The molecular formula is C14H24N4O. The molecule has 1 N–H and O–H groups in total. The van der Waals surface area contributed by atoms with Crippen molar-refractivity contribution >= 4 is 0 Å². The zero-order chi connectivity index (χ0) is 13.5. The maximum absolute atomic E-state index is 5.34. The molecule has 0 spiro atoms. The third kappa shape index (κ3) is 4.45. The molecule has 0 atom stereocenters. The highest BCUT2D eigenvalue weighted by molar-refractivity contribution is 5.15. The molecule has 1 aliphatic heterocycles. The first-order valence-electron chi connectivity index (χ1n) is 6.94. The van der Waals surface area contributed by atoms with Crippen molar-refractivity contribution in [2.45, 2.75) is 20.0 Å². The fraction of sp³-hybridized carbons (Fsp3) is 0.643. The van der Waals surface area contributed by atoms with Crippen molar-refractivity contribution in [1.29, 1.82) is 0 Å². The maximum atomic E-state index is 5.34. The van der Waals surface area contributed by atoms with Gasteiger partial charge in [-0.1, -0.05) is 6.08 Å². The number of hydrogen-bond donors (Lipinski definition) is 1. The van der Waals surface area contributed by atoms with Crippen LogP contribution in [0.15, 0.2) is 18.9 Å². The highest BCUT2D eigenvalue weighted by Gasteiger charge is 2.09. The van der Waals surface area contributed by atoms with Crippen molar-refractivity contribution in [2.24, 2.45) is 0 Å². The Labute approximate surface area is 115 Å². The minimum atomic E-state index is 0.772. The quantitative estimate of drug-likeness (QED) is 0.584. The van der Waals surface area contributed by atoms with Crippen LogP contribution >= 0.6 is 0 Å². The number of aromatic nitrogens is 2. The molecule has 1 fully saturated rings. The Hall–Kier alpha value is -1.17. The SMILES string of the molecule is C=CCn1cc(CNCCN2CCOCC2)c(C)n1. The van der Waals surface area contributed by atoms with Crippen molar-refractivity contribution < 1.29 is 4.74 Å². The first kappa shape index (κ1) is 14.2. The van der Waals surface area contributed by atoms with E-state index in [4.69, 9.17) is 4.74 Å². The average Bonchev–Trinajstić information content (AvgIpc) is 2.77. The van der Waals surface area contributed by atoms with Crippen LogP contribution in [0, 0.1) is 6.92 Å². The first-order chi connectivity index (χ1) is 9.29. The van der Waals surface area contributed by atoms with Gasteiger partial charge in [0.15, 0.2) is 0 Å². The highest BCUT2D eigenvalue weighted by Crippen LogP contribution is 2.05. The van der Waals surface area contributed by atoms with Crippen molar-refractivity contribution in [1.82, 2.24) is 20.0 Å². The van der Waals surface area contributed by atoms with Crippen LogP contribution in [0.25, 0.3) is 0 Å². The van der Waals surface area contributed by atoms with Crippen LogP contribution in [-0.2, 0) is 17.8 Å². The van der Waals surface area contributed by atoms with Gasteiger partial charge in [-0.25, -0.2) is 0 Å². The minimum absolute atomic E-state index is 0.772. The van der Waals surface area contributed by atoms with E-state index in [-0.39, 0.29) is 0 Å². The molecule has 1 aliphatic rings. The second-order valence-corrected chi connectivity index (χ2v) is 4.88. The molecule has 2 rings (SSSR count). The van der Waals surface area contributed by atoms with E-state index in [9.17, 15) is 0 Å². The lowest BCUT2D eigenvalue weighted by Gasteiger charge is -2.26. The standard InChI is InChI=1S/C14H24N4O/c1-3-5-18-12-14(13(2)16-18)11-15-4-6-17-7-9-19-10-8-17/h3,12,15H,1,4-11H2,2H3. The molecule has 19 heavy (non-hydrogen) atoms. The Balaban J connectivity index is 1.68. The molecule has 0 amide bonds. The van der Waals surface area contributed by atoms with E-state index in [0.717, 1.165) is 58.2 Å². The van der Waals surface area contributed by atoms with E-state index < -0.39 is 0 Å². The van der Waals surface area contributed by atoms with E-state index in [0.29, 0.717) is 0 Å². The largest absolute Gasteiger partial charge is 0.379 e. The van der Waals surface area contributed by atoms with Gasteiger partial charge in [-0.3, -0.25) is 9.58 Å². The topological polar surface area (TPSA) is 42.3 Å². The third-order valence-electron chi connectivity index (χ3n) is 3.39. The molecule has 0 unspecified atom stereocenters. The highest BCUT2D eigenvalue weighted by atomic mass is 16.5. The molecule has 106 valence electrons. The lowest BCUT2D eigenvalue weighted by Crippen LogP contribution is -2.40. The van der Waals surface area contributed by atoms with Gasteiger partial charge in [0.25, 0.3) is 0 Å². The molecule has 0 bridgehead atoms. The number of nitrogens with zero attached hydrogens (tertiary/aromatic N) is 3. The molecule has 5 nitrogen and oxygen atoms in total. The van der Waals surface area contributed by atoms with Crippen molar-refractivity contribution in [3.8, 4) is 0 Å². The zero-order valence-electron chi connectivity index (χ0n) is 11.8. The van der Waals surface area contributed by atoms with Crippen molar-refractivity contribution in [2.75, 3.05) is 39.4 Å². The van der Waals surface area contributed by atoms with Crippen molar-refractivity contribution in [3.63, 3.8) is 0 Å². The van der Waals surface area contributed by atoms with Crippen LogP contribution in [0.5, 0.6) is 0 Å². The Morgan fingerprint density at radius 2 is 2.26 bits per heavy atom. The lowest BCUT2D eigenvalue weighted by molar-refractivity contribution is 0.0384. The summed E-state index contributed by atoms with van der Waals surface area (Å²) in [6.07, 6.45) is 3.96. The smallest absolute Gasteiger partial charge is 0.0638 e. The fourth-order valence-corrected chi connectivity index (χ4v) is 2.24. The molecule has 0 aliphatic carbocycles. The van der Waals surface area contributed by atoms with Crippen molar-refractivity contribution in [3.05, 3.63) is 30.1 Å². The molecule has 0 aromatic carbocycles. The van der Waals surface area contributed by atoms with E-state index >= 15 is 0 Å². The molecule has 1 aromatic heterocycles. The van der Waals surface area contributed by atoms with Gasteiger partial charge in [0.2, 0.25) is 0 Å². The van der Waals surface area contributed by atoms with Crippen LogP contribution in [0.3, 0.4) is 0 Å². The number of allylic oxidation sites excluding steroid dienone is 1. The maximum Gasteiger partial charge on any atom is 0.0638 e. The normalized spacial score (nSPS) is 16.7. The average molecular weight is 264 g/mol. The molecule has 0 saturated carbocycles. The summed E-state index contributed by atoms with van der Waals surface area (Å²) >= 11 is 0. The predicted octanol–water partition coefficient (Wildman–Crippen LogP) is 0.799. The monoisotopic (exact) mass is 264 g/mol. The van der Waals surface area contributed by atoms with Gasteiger partial charge in [0.05, 0.1) is 25.5 Å². The summed E-state index contributed by atoms with van der Waals surface area (Å²) in [6, 6.07) is 0. The van der Waals surface area contributed by atoms with E-state index in [1.54, 1.807) is 0 Å². The summed E-state index contributed by atoms with van der Waals surface area (Å²) in [6.45, 7) is 13.4. The Morgan fingerprint density at radius 3 is 3.00 bits per heavy atom. The van der Waals surface area contributed by atoms with Gasteiger partial charge in [-0.2, -0.15) is 5.10 Å². The summed E-state index contributed by atoms with van der Waals surface area (Å²) < 4.78 is 7.27. The van der Waals surface area contributed by atoms with Gasteiger partial charge < -0.3 is 10.1 Å². The summed E-state index contributed by atoms with van der Waals surface area (Å²) in [4.78, 5) is 2.44. The second kappa shape index (κ2) is 7.43. The van der Waals surface area contributed by atoms with Gasteiger partial charge in [-0.05, 0) is 6.92 Å². The van der Waals surface area contributed by atoms with Crippen LogP contribution in [-0.4, -0.2) is 54.1 Å². The number of morpholine rings is 1. The minimum Gasteiger partial charge on any atom is -0.379 e. The predicted molar refractivity (Wildman–Crippen MR) is 76.1 cm³/mol. The second-order valence-electron chi connectivity index (χ2n) is 4.88. The Morgan fingerprint density at radius 1 is 1.47 bits per heavy atom. The lowest BCUT2D eigenvalue weighted by atomic mass is 10.2. The van der Waals surface area contributed by atoms with Crippen LogP contribution in [0.2, 0.25) is 0 Å². The number of aryl methyl sites for hydroxylation is 1. The number of rotatable bonds is 7. The molecular weight excluding hydrogens is 240 g/mol. The number of hydrogen-bond acceptors (Lipinski definition) is 4. The summed E-state index contributed by atoms with van der Waals surface area (Å²) in [5.41, 5.74) is 2.37. The van der Waals surface area contributed by atoms with Crippen LogP contribution in [0.1, 0.15) is 11.3 Å². The molecule has 5 heteroatoms. The fourth-order valence-electron chi connectivity index (χ4n) is 2.24. The summed E-state index contributed by atoms with van der Waals surface area (Å²) in [5, 5.41) is 7.93. The Kier molecular flexibility index (Phi) is 5.57. The van der Waals surface area contributed by atoms with E-state index in [1.165, 1.54) is 5.56 Å². The Bertz CT molecular complexity index is 396. The zero-order valence-corrected chi connectivity index (χ0v) is 11.8. The summed E-state index contributed by atoms with van der Waals surface area (Å²) in [7, 11) is 0. The third-order valence-corrected chi connectivity index (χ3v) is 3.39. The summed E-state index contributed by atoms with van der Waals surface area (Å²) in [5.74, 6) is 0. The molecule has 0 radical (unpaired) electrons. The van der Waals surface area contributed by atoms with Gasteiger partial charge in [-0.15, -0.1) is 6.58 Å². The number of nitrogens with one attached hydrogen (secondary N) is 1. The van der Waals surface area contributed by atoms with Gasteiger partial charge in [0, 0.05) is 44.5 Å². The van der Waals surface area contributed by atoms with Crippen LogP contribution < -0.4 is 5.32 Å². The first-order valence-corrected chi connectivity index (χ1v) is 6.94. The van der Waals surface area contributed by atoms with E-state index in [2.05, 4.69) is 35.0 Å². The van der Waals surface area contributed by atoms with Crippen LogP contribution in [0.4, 0.5) is 0 Å². The molecule has 1 saturated heterocycles. The molecule has 2 heterocycles. The van der Waals surface area contributed by atoms with Gasteiger partial charge >= 0.3 is 0 Å². The number of ether oxygens (including phenoxy) is 1.